The Bertz CT molecular complexity index is 1340. The highest BCUT2D eigenvalue weighted by Gasteiger charge is 2.19. The third-order valence-electron chi connectivity index (χ3n) is 7.16. The molecular formula is C32H36N4S2. The van der Waals surface area contributed by atoms with Crippen molar-refractivity contribution >= 4 is 54.0 Å². The molecule has 0 aliphatic carbocycles. The van der Waals surface area contributed by atoms with Gasteiger partial charge in [-0.05, 0) is 59.7 Å². The Morgan fingerprint density at radius 1 is 0.553 bits per heavy atom. The summed E-state index contributed by atoms with van der Waals surface area (Å²) < 4.78 is 3.78. The second kappa shape index (κ2) is 15.3. The zero-order chi connectivity index (χ0) is 27.3. The molecule has 0 unspecified atom stereocenters. The van der Waals surface area contributed by atoms with E-state index in [2.05, 4.69) is 38.1 Å². The lowest BCUT2D eigenvalue weighted by molar-refractivity contribution is 0.608. The Morgan fingerprint density at radius 3 is 1.24 bits per heavy atom. The summed E-state index contributed by atoms with van der Waals surface area (Å²) in [5, 5.41) is 40.5. The van der Waals surface area contributed by atoms with Crippen LogP contribution in [0.3, 0.4) is 0 Å². The normalized spacial score (nSPS) is 10.7. The van der Waals surface area contributed by atoms with E-state index < -0.39 is 0 Å². The quantitative estimate of drug-likeness (QED) is 0.192. The van der Waals surface area contributed by atoms with Crippen LogP contribution < -0.4 is 9.06 Å². The molecule has 196 valence electrons. The smallest absolute Gasteiger partial charge is 0.146 e. The molecule has 0 fully saturated rings. The van der Waals surface area contributed by atoms with Crippen LogP contribution in [0.15, 0.2) is 12.1 Å². The van der Waals surface area contributed by atoms with Crippen LogP contribution in [-0.2, 0) is 12.8 Å². The maximum atomic E-state index is 9.57. The van der Waals surface area contributed by atoms with Crippen LogP contribution in [-0.4, -0.2) is 0 Å². The standard InChI is InChI=1S/C32H36N4S2/c1-3-5-7-9-11-13-15-25-27-17-29(23(19-33)20-34)38-32(27)26(16-14-12-10-8-6-4-2)28-18-30(37-31(25)28)24(21-35)22-36/h17-18H,3-16H2,1-2H3. The number of fused-ring (bicyclic) bond motifs is 2. The molecule has 0 spiro atoms. The molecule has 0 atom stereocenters. The van der Waals surface area contributed by atoms with E-state index in [-0.39, 0.29) is 11.1 Å². The average molecular weight is 541 g/mol. The molecular weight excluding hydrogens is 505 g/mol. The van der Waals surface area contributed by atoms with Gasteiger partial charge in [0.25, 0.3) is 0 Å². The van der Waals surface area contributed by atoms with E-state index in [0.29, 0.717) is 0 Å². The first-order chi connectivity index (χ1) is 18.6. The van der Waals surface area contributed by atoms with Crippen LogP contribution in [0.25, 0.3) is 31.3 Å². The van der Waals surface area contributed by atoms with Gasteiger partial charge in [-0.3, -0.25) is 0 Å². The maximum Gasteiger partial charge on any atom is 0.146 e. The summed E-state index contributed by atoms with van der Waals surface area (Å²) in [6.07, 6.45) is 16.3. The number of thiophene rings is 2. The minimum atomic E-state index is 0.163. The minimum Gasteiger partial charge on any atom is -0.192 e. The van der Waals surface area contributed by atoms with Gasteiger partial charge >= 0.3 is 0 Å². The number of benzene rings is 1. The first kappa shape index (κ1) is 29.4. The molecule has 2 heterocycles. The monoisotopic (exact) mass is 540 g/mol. The highest BCUT2D eigenvalue weighted by molar-refractivity contribution is 7.19. The fourth-order valence-corrected chi connectivity index (χ4v) is 7.54. The largest absolute Gasteiger partial charge is 0.192 e. The van der Waals surface area contributed by atoms with Gasteiger partial charge in [0.15, 0.2) is 0 Å². The van der Waals surface area contributed by atoms with Gasteiger partial charge in [-0.15, -0.1) is 22.7 Å². The summed E-state index contributed by atoms with van der Waals surface area (Å²) in [7, 11) is 0. The van der Waals surface area contributed by atoms with E-state index >= 15 is 0 Å². The number of nitrogens with zero attached hydrogens (tertiary/aromatic N) is 4. The molecule has 0 radical (unpaired) electrons. The first-order valence-corrected chi connectivity index (χ1v) is 15.6. The zero-order valence-electron chi connectivity index (χ0n) is 22.7. The lowest BCUT2D eigenvalue weighted by Gasteiger charge is -2.12. The van der Waals surface area contributed by atoms with Gasteiger partial charge in [0.2, 0.25) is 0 Å². The maximum absolute atomic E-state index is 9.57. The third-order valence-corrected chi connectivity index (χ3v) is 9.59. The molecule has 0 aliphatic rings. The van der Waals surface area contributed by atoms with Crippen molar-refractivity contribution in [2.75, 3.05) is 0 Å². The van der Waals surface area contributed by atoms with Crippen molar-refractivity contribution in [2.45, 2.75) is 104 Å². The van der Waals surface area contributed by atoms with Gasteiger partial charge in [-0.2, -0.15) is 21.0 Å². The van der Waals surface area contributed by atoms with Crippen molar-refractivity contribution < 1.29 is 0 Å². The van der Waals surface area contributed by atoms with Gasteiger partial charge < -0.3 is 0 Å². The second-order valence-corrected chi connectivity index (χ2v) is 12.0. The topological polar surface area (TPSA) is 95.2 Å². The van der Waals surface area contributed by atoms with Crippen molar-refractivity contribution in [3.63, 3.8) is 0 Å². The van der Waals surface area contributed by atoms with Gasteiger partial charge in [-0.25, -0.2) is 0 Å². The minimum absolute atomic E-state index is 0.163. The molecule has 0 amide bonds. The SMILES string of the molecule is CCCCCCCCc1c2cc(=C(C#N)C#N)sc2c(CCCCCCCC)c2cc(=C(C#N)C#N)sc12. The molecule has 4 nitrogen and oxygen atoms in total. The lowest BCUT2D eigenvalue weighted by atomic mass is 9.95. The van der Waals surface area contributed by atoms with Crippen molar-refractivity contribution in [3.05, 3.63) is 32.3 Å². The van der Waals surface area contributed by atoms with E-state index in [0.717, 1.165) is 54.9 Å². The molecule has 0 saturated heterocycles. The van der Waals surface area contributed by atoms with Crippen LogP contribution in [0, 0.1) is 45.3 Å². The van der Waals surface area contributed by atoms with Crippen LogP contribution in [0.1, 0.15) is 102 Å². The number of rotatable bonds is 14. The summed E-state index contributed by atoms with van der Waals surface area (Å²) in [4.78, 5) is 0. The Morgan fingerprint density at radius 2 is 0.895 bits per heavy atom. The second-order valence-electron chi connectivity index (χ2n) is 9.90. The predicted molar refractivity (Wildman–Crippen MR) is 160 cm³/mol. The third kappa shape index (κ3) is 7.03. The average Bonchev–Trinajstić information content (AvgIpc) is 3.56. The van der Waals surface area contributed by atoms with E-state index in [9.17, 15) is 21.0 Å². The van der Waals surface area contributed by atoms with Crippen molar-refractivity contribution in [1.29, 1.82) is 21.0 Å². The highest BCUT2D eigenvalue weighted by Crippen LogP contribution is 2.38. The summed E-state index contributed by atoms with van der Waals surface area (Å²) in [5.74, 6) is 0. The molecule has 0 aliphatic heterocycles. The van der Waals surface area contributed by atoms with Crippen LogP contribution in [0.4, 0.5) is 0 Å². The summed E-state index contributed by atoms with van der Waals surface area (Å²) >= 11 is 3.09. The van der Waals surface area contributed by atoms with E-state index in [1.165, 1.54) is 75.3 Å². The molecule has 3 aromatic rings. The molecule has 0 bridgehead atoms. The van der Waals surface area contributed by atoms with Crippen molar-refractivity contribution in [1.82, 2.24) is 0 Å². The molecule has 1 aromatic carbocycles. The fourth-order valence-electron chi connectivity index (χ4n) is 5.10. The van der Waals surface area contributed by atoms with E-state index in [4.69, 9.17) is 0 Å². The van der Waals surface area contributed by atoms with Crippen molar-refractivity contribution in [2.24, 2.45) is 0 Å². The number of unbranched alkanes of at least 4 members (excludes halogenated alkanes) is 10. The zero-order valence-corrected chi connectivity index (χ0v) is 24.3. The van der Waals surface area contributed by atoms with Crippen LogP contribution in [0.2, 0.25) is 0 Å². The molecule has 38 heavy (non-hydrogen) atoms. The van der Waals surface area contributed by atoms with Crippen LogP contribution >= 0.6 is 22.7 Å². The number of hydrogen-bond donors (Lipinski definition) is 0. The Labute approximate surface area is 234 Å². The summed E-state index contributed by atoms with van der Waals surface area (Å²) in [5.41, 5.74) is 2.80. The Balaban J connectivity index is 2.18. The molecule has 0 saturated carbocycles. The van der Waals surface area contributed by atoms with Gasteiger partial charge in [0.05, 0.1) is 9.06 Å². The van der Waals surface area contributed by atoms with E-state index in [1.807, 2.05) is 12.1 Å². The Kier molecular flexibility index (Phi) is 11.8. The molecule has 3 rings (SSSR count). The predicted octanol–water partition coefficient (Wildman–Crippen LogP) is 8.32. The van der Waals surface area contributed by atoms with Crippen molar-refractivity contribution in [3.8, 4) is 24.3 Å². The highest BCUT2D eigenvalue weighted by atomic mass is 32.1. The fraction of sp³-hybridized carbons (Fsp3) is 0.500. The number of aryl methyl sites for hydroxylation is 2. The summed E-state index contributed by atoms with van der Waals surface area (Å²) in [6.45, 7) is 4.45. The first-order valence-electron chi connectivity index (χ1n) is 14.0. The number of nitriles is 4. The van der Waals surface area contributed by atoms with E-state index in [1.54, 1.807) is 22.7 Å². The van der Waals surface area contributed by atoms with Gasteiger partial charge in [0, 0.05) is 9.40 Å². The molecule has 0 N–H and O–H groups in total. The van der Waals surface area contributed by atoms with Gasteiger partial charge in [0.1, 0.15) is 35.4 Å². The molecule has 2 aromatic heterocycles. The summed E-state index contributed by atoms with van der Waals surface area (Å²) in [6, 6.07) is 12.4. The van der Waals surface area contributed by atoms with Gasteiger partial charge in [-0.1, -0.05) is 78.1 Å². The molecule has 6 heteroatoms. The Hall–Kier alpha value is -3.16. The van der Waals surface area contributed by atoms with Crippen LogP contribution in [0.5, 0.6) is 0 Å². The number of hydrogen-bond acceptors (Lipinski definition) is 6. The lowest BCUT2D eigenvalue weighted by Crippen LogP contribution is -1.95.